The molecule has 1 N–H and O–H groups in total. The average Bonchev–Trinajstić information content (AvgIpc) is 3.36. The van der Waals surface area contributed by atoms with Gasteiger partial charge in [0.1, 0.15) is 11.6 Å². The highest BCUT2D eigenvalue weighted by molar-refractivity contribution is 7.89. The summed E-state index contributed by atoms with van der Waals surface area (Å²) >= 11 is 5.89. The summed E-state index contributed by atoms with van der Waals surface area (Å²) in [4.78, 5) is 20.9. The van der Waals surface area contributed by atoms with Gasteiger partial charge >= 0.3 is 0 Å². The molecular formula is C23H23ClN4O4S. The second-order valence-electron chi connectivity index (χ2n) is 7.45. The Morgan fingerprint density at radius 3 is 2.48 bits per heavy atom. The first-order valence-corrected chi connectivity index (χ1v) is 12.2. The summed E-state index contributed by atoms with van der Waals surface area (Å²) < 4.78 is 32.5. The van der Waals surface area contributed by atoms with Gasteiger partial charge in [0.15, 0.2) is 0 Å². The van der Waals surface area contributed by atoms with Crippen LogP contribution >= 0.6 is 11.6 Å². The molecule has 3 aromatic rings. The molecule has 1 aliphatic heterocycles. The molecule has 0 unspecified atom stereocenters. The standard InChI is InChI=1S/C23H23ClN4O4S/c24-19-6-9-22(25-16-19)27-11-13-28(14-12-27)23(29)10-5-18-3-7-21(8-4-18)33(30,31)26-17-20-2-1-15-32-20/h1-10,15-16,26H,11-14,17H2/b10-5+. The first-order valence-electron chi connectivity index (χ1n) is 10.4. The van der Waals surface area contributed by atoms with Crippen LogP contribution in [0.15, 0.2) is 76.4 Å². The topological polar surface area (TPSA) is 95.7 Å². The van der Waals surface area contributed by atoms with Gasteiger partial charge in [0, 0.05) is 38.5 Å². The van der Waals surface area contributed by atoms with E-state index in [-0.39, 0.29) is 17.3 Å². The van der Waals surface area contributed by atoms with Gasteiger partial charge in [-0.3, -0.25) is 4.79 Å². The van der Waals surface area contributed by atoms with Crippen LogP contribution in [0.2, 0.25) is 5.02 Å². The minimum atomic E-state index is -3.66. The Balaban J connectivity index is 1.29. The van der Waals surface area contributed by atoms with Crippen molar-refractivity contribution in [2.75, 3.05) is 31.1 Å². The van der Waals surface area contributed by atoms with Crippen molar-refractivity contribution >= 4 is 39.4 Å². The first-order chi connectivity index (χ1) is 15.9. The van der Waals surface area contributed by atoms with Crippen LogP contribution in [-0.2, 0) is 21.4 Å². The van der Waals surface area contributed by atoms with Gasteiger partial charge in [0.25, 0.3) is 0 Å². The quantitative estimate of drug-likeness (QED) is 0.515. The fraction of sp³-hybridized carbons (Fsp3) is 0.217. The molecule has 1 amide bonds. The van der Waals surface area contributed by atoms with Crippen molar-refractivity contribution in [2.45, 2.75) is 11.4 Å². The Morgan fingerprint density at radius 2 is 1.85 bits per heavy atom. The van der Waals surface area contributed by atoms with E-state index in [4.69, 9.17) is 16.0 Å². The van der Waals surface area contributed by atoms with Gasteiger partial charge in [-0.15, -0.1) is 0 Å². The summed E-state index contributed by atoms with van der Waals surface area (Å²) in [6, 6.07) is 13.4. The Bertz CT molecular complexity index is 1200. The van der Waals surface area contributed by atoms with Crippen molar-refractivity contribution in [1.29, 1.82) is 0 Å². The number of sulfonamides is 1. The summed E-state index contributed by atoms with van der Waals surface area (Å²) in [7, 11) is -3.66. The molecule has 33 heavy (non-hydrogen) atoms. The number of carbonyl (C=O) groups excluding carboxylic acids is 1. The molecule has 0 spiro atoms. The molecule has 1 fully saturated rings. The lowest BCUT2D eigenvalue weighted by atomic mass is 10.2. The Labute approximate surface area is 197 Å². The number of halogens is 1. The normalized spacial score (nSPS) is 14.7. The second-order valence-corrected chi connectivity index (χ2v) is 9.66. The van der Waals surface area contributed by atoms with Crippen LogP contribution in [0.25, 0.3) is 6.08 Å². The van der Waals surface area contributed by atoms with Crippen LogP contribution in [-0.4, -0.2) is 50.4 Å². The molecule has 4 rings (SSSR count). The predicted octanol–water partition coefficient (Wildman–Crippen LogP) is 3.17. The SMILES string of the molecule is O=C(/C=C/c1ccc(S(=O)(=O)NCc2ccco2)cc1)N1CCN(c2ccc(Cl)cn2)CC1. The molecule has 172 valence electrons. The van der Waals surface area contributed by atoms with Crippen LogP contribution < -0.4 is 9.62 Å². The minimum absolute atomic E-state index is 0.0762. The monoisotopic (exact) mass is 486 g/mol. The van der Waals surface area contributed by atoms with Crippen molar-refractivity contribution < 1.29 is 17.6 Å². The third-order valence-corrected chi connectivity index (χ3v) is 6.89. The molecule has 1 saturated heterocycles. The molecule has 0 radical (unpaired) electrons. The molecule has 0 saturated carbocycles. The van der Waals surface area contributed by atoms with E-state index in [1.807, 2.05) is 6.07 Å². The lowest BCUT2D eigenvalue weighted by Crippen LogP contribution is -2.48. The number of hydrogen-bond acceptors (Lipinski definition) is 6. The molecule has 0 aliphatic carbocycles. The van der Waals surface area contributed by atoms with Crippen LogP contribution in [0.4, 0.5) is 5.82 Å². The molecule has 2 aromatic heterocycles. The van der Waals surface area contributed by atoms with E-state index in [1.54, 1.807) is 47.5 Å². The van der Waals surface area contributed by atoms with E-state index >= 15 is 0 Å². The summed E-state index contributed by atoms with van der Waals surface area (Å²) in [5.41, 5.74) is 0.734. The zero-order valence-electron chi connectivity index (χ0n) is 17.7. The molecule has 8 nitrogen and oxygen atoms in total. The lowest BCUT2D eigenvalue weighted by Gasteiger charge is -2.34. The first kappa shape index (κ1) is 23.0. The summed E-state index contributed by atoms with van der Waals surface area (Å²) in [5.74, 6) is 1.29. The third-order valence-electron chi connectivity index (χ3n) is 5.25. The van der Waals surface area contributed by atoms with Crippen molar-refractivity contribution in [3.8, 4) is 0 Å². The summed E-state index contributed by atoms with van der Waals surface area (Å²) in [6.07, 6.45) is 6.29. The maximum Gasteiger partial charge on any atom is 0.246 e. The van der Waals surface area contributed by atoms with E-state index in [0.29, 0.717) is 37.0 Å². The molecular weight excluding hydrogens is 464 g/mol. The number of carbonyl (C=O) groups is 1. The smallest absolute Gasteiger partial charge is 0.246 e. The number of anilines is 1. The Hall–Kier alpha value is -3.14. The van der Waals surface area contributed by atoms with E-state index in [2.05, 4.69) is 14.6 Å². The van der Waals surface area contributed by atoms with Gasteiger partial charge in [-0.2, -0.15) is 0 Å². The number of benzene rings is 1. The number of amides is 1. The number of aromatic nitrogens is 1. The van der Waals surface area contributed by atoms with Gasteiger partial charge in [-0.1, -0.05) is 23.7 Å². The number of furan rings is 1. The average molecular weight is 487 g/mol. The minimum Gasteiger partial charge on any atom is -0.468 e. The highest BCUT2D eigenvalue weighted by atomic mass is 35.5. The summed E-state index contributed by atoms with van der Waals surface area (Å²) in [6.45, 7) is 2.63. The van der Waals surface area contributed by atoms with Gasteiger partial charge < -0.3 is 14.2 Å². The molecule has 3 heterocycles. The van der Waals surface area contributed by atoms with Gasteiger partial charge in [0.2, 0.25) is 15.9 Å². The number of nitrogens with one attached hydrogen (secondary N) is 1. The second kappa shape index (κ2) is 10.2. The summed E-state index contributed by atoms with van der Waals surface area (Å²) in [5, 5.41) is 0.591. The third kappa shape index (κ3) is 6.01. The highest BCUT2D eigenvalue weighted by Crippen LogP contribution is 2.17. The van der Waals surface area contributed by atoms with Crippen molar-refractivity contribution in [1.82, 2.24) is 14.6 Å². The van der Waals surface area contributed by atoms with Gasteiger partial charge in [-0.25, -0.2) is 18.1 Å². The zero-order valence-corrected chi connectivity index (χ0v) is 19.3. The largest absolute Gasteiger partial charge is 0.468 e. The van der Waals surface area contributed by atoms with Gasteiger partial charge in [0.05, 0.1) is 22.7 Å². The number of rotatable bonds is 7. The van der Waals surface area contributed by atoms with E-state index in [9.17, 15) is 13.2 Å². The Kier molecular flexibility index (Phi) is 7.12. The van der Waals surface area contributed by atoms with Crippen LogP contribution in [0.1, 0.15) is 11.3 Å². The van der Waals surface area contributed by atoms with Crippen molar-refractivity contribution in [3.05, 3.63) is 83.4 Å². The van der Waals surface area contributed by atoms with Crippen LogP contribution in [0.3, 0.4) is 0 Å². The molecule has 1 aromatic carbocycles. The van der Waals surface area contributed by atoms with Crippen LogP contribution in [0, 0.1) is 0 Å². The van der Waals surface area contributed by atoms with E-state index in [0.717, 1.165) is 11.4 Å². The zero-order chi connectivity index (χ0) is 23.3. The van der Waals surface area contributed by atoms with E-state index < -0.39 is 10.0 Å². The predicted molar refractivity (Wildman–Crippen MR) is 126 cm³/mol. The number of piperazine rings is 1. The number of hydrogen-bond donors (Lipinski definition) is 1. The maximum absolute atomic E-state index is 12.6. The molecule has 1 aliphatic rings. The number of nitrogens with zero attached hydrogens (tertiary/aromatic N) is 3. The molecule has 0 bridgehead atoms. The fourth-order valence-corrected chi connectivity index (χ4v) is 4.51. The van der Waals surface area contributed by atoms with Gasteiger partial charge in [-0.05, 0) is 48.0 Å². The fourth-order valence-electron chi connectivity index (χ4n) is 3.40. The maximum atomic E-state index is 12.6. The van der Waals surface area contributed by atoms with Crippen LogP contribution in [0.5, 0.6) is 0 Å². The molecule has 10 heteroatoms. The Morgan fingerprint density at radius 1 is 1.09 bits per heavy atom. The number of pyridine rings is 1. The van der Waals surface area contributed by atoms with Crippen molar-refractivity contribution in [3.63, 3.8) is 0 Å². The molecule has 0 atom stereocenters. The lowest BCUT2D eigenvalue weighted by molar-refractivity contribution is -0.126. The van der Waals surface area contributed by atoms with Crippen molar-refractivity contribution in [2.24, 2.45) is 0 Å². The van der Waals surface area contributed by atoms with E-state index in [1.165, 1.54) is 24.5 Å². The highest BCUT2D eigenvalue weighted by Gasteiger charge is 2.20.